The molecule has 0 aliphatic heterocycles. The molecule has 2 rings (SSSR count). The number of rotatable bonds is 3. The zero-order chi connectivity index (χ0) is 14.0. The van der Waals surface area contributed by atoms with Gasteiger partial charge in [0, 0.05) is 16.8 Å². The maximum Gasteiger partial charge on any atom is 0.328 e. The lowest BCUT2D eigenvalue weighted by Gasteiger charge is -2.10. The minimum Gasteiger partial charge on any atom is -0.496 e. The number of ether oxygens (including phenoxy) is 1. The topological polar surface area (TPSA) is 90.1 Å². The van der Waals surface area contributed by atoms with E-state index in [1.165, 1.54) is 17.9 Å². The average molecular weight is 282 g/mol. The Kier molecular flexibility index (Phi) is 3.62. The number of nitrogen functional groups attached to an aromatic ring is 1. The summed E-state index contributed by atoms with van der Waals surface area (Å²) in [5.74, 6) is 0.598. The van der Waals surface area contributed by atoms with Gasteiger partial charge >= 0.3 is 5.69 Å². The molecular weight excluding hydrogens is 270 g/mol. The third kappa shape index (κ3) is 2.79. The summed E-state index contributed by atoms with van der Waals surface area (Å²) >= 11 is 5.91. The van der Waals surface area contributed by atoms with Crippen LogP contribution in [0.25, 0.3) is 0 Å². The predicted molar refractivity (Wildman–Crippen MR) is 72.8 cm³/mol. The number of hydrogen-bond donors (Lipinski definition) is 2. The maximum absolute atomic E-state index is 11.7. The number of anilines is 1. The highest BCUT2D eigenvalue weighted by Crippen LogP contribution is 2.23. The third-order valence-corrected chi connectivity index (χ3v) is 2.86. The van der Waals surface area contributed by atoms with Gasteiger partial charge in [0.05, 0.1) is 13.7 Å². The molecule has 3 N–H and O–H groups in total. The predicted octanol–water partition coefficient (Wildman–Crippen LogP) is 0.829. The standard InChI is InChI=1S/C12H12ClN3O3/c1-19-10-3-2-8(13)4-7(10)5-16-6-9(14)11(17)15-12(16)18/h2-4,6H,5,14H2,1H3,(H,15,17,18). The van der Waals surface area contributed by atoms with E-state index in [9.17, 15) is 9.59 Å². The molecule has 2 aromatic rings. The largest absolute Gasteiger partial charge is 0.496 e. The highest BCUT2D eigenvalue weighted by Gasteiger charge is 2.07. The van der Waals surface area contributed by atoms with E-state index in [4.69, 9.17) is 22.1 Å². The lowest BCUT2D eigenvalue weighted by atomic mass is 10.2. The van der Waals surface area contributed by atoms with Gasteiger partial charge in [-0.1, -0.05) is 11.6 Å². The zero-order valence-corrected chi connectivity index (χ0v) is 10.9. The number of nitrogens with one attached hydrogen (secondary N) is 1. The fourth-order valence-electron chi connectivity index (χ4n) is 1.70. The Hall–Kier alpha value is -2.21. The van der Waals surface area contributed by atoms with Crippen LogP contribution in [0, 0.1) is 0 Å². The Morgan fingerprint density at radius 1 is 1.42 bits per heavy atom. The van der Waals surface area contributed by atoms with E-state index in [2.05, 4.69) is 4.98 Å². The van der Waals surface area contributed by atoms with Gasteiger partial charge in [0.1, 0.15) is 11.4 Å². The van der Waals surface area contributed by atoms with Crippen molar-refractivity contribution in [3.63, 3.8) is 0 Å². The maximum atomic E-state index is 11.7. The molecule has 0 aliphatic carbocycles. The number of aromatic nitrogens is 2. The molecule has 0 spiro atoms. The molecule has 1 heterocycles. The number of nitrogens with two attached hydrogens (primary N) is 1. The van der Waals surface area contributed by atoms with Gasteiger partial charge in [-0.2, -0.15) is 0 Å². The number of methoxy groups -OCH3 is 1. The molecule has 7 heteroatoms. The number of halogens is 1. The van der Waals surface area contributed by atoms with E-state index in [0.29, 0.717) is 16.3 Å². The molecule has 0 unspecified atom stereocenters. The second kappa shape index (κ2) is 5.19. The SMILES string of the molecule is COc1ccc(Cl)cc1Cn1cc(N)c(=O)[nH]c1=O. The number of hydrogen-bond acceptors (Lipinski definition) is 4. The van der Waals surface area contributed by atoms with Crippen LogP contribution in [0.1, 0.15) is 5.56 Å². The summed E-state index contributed by atoms with van der Waals surface area (Å²) in [6, 6.07) is 5.08. The molecular formula is C12H12ClN3O3. The lowest BCUT2D eigenvalue weighted by molar-refractivity contribution is 0.408. The van der Waals surface area contributed by atoms with E-state index >= 15 is 0 Å². The monoisotopic (exact) mass is 281 g/mol. The van der Waals surface area contributed by atoms with Crippen molar-refractivity contribution in [3.05, 3.63) is 55.8 Å². The van der Waals surface area contributed by atoms with Crippen LogP contribution in [-0.4, -0.2) is 16.7 Å². The van der Waals surface area contributed by atoms with Gasteiger partial charge in [-0.25, -0.2) is 4.79 Å². The molecule has 0 saturated heterocycles. The quantitative estimate of drug-likeness (QED) is 0.872. The Morgan fingerprint density at radius 2 is 2.16 bits per heavy atom. The van der Waals surface area contributed by atoms with E-state index in [1.807, 2.05) is 0 Å². The van der Waals surface area contributed by atoms with Crippen molar-refractivity contribution in [2.75, 3.05) is 12.8 Å². The van der Waals surface area contributed by atoms with Crippen molar-refractivity contribution in [3.8, 4) is 5.75 Å². The van der Waals surface area contributed by atoms with Crippen LogP contribution < -0.4 is 21.7 Å². The Morgan fingerprint density at radius 3 is 2.84 bits per heavy atom. The van der Waals surface area contributed by atoms with Gasteiger partial charge in [0.25, 0.3) is 5.56 Å². The fourth-order valence-corrected chi connectivity index (χ4v) is 1.89. The molecule has 0 fully saturated rings. The fraction of sp³-hybridized carbons (Fsp3) is 0.167. The van der Waals surface area contributed by atoms with Gasteiger partial charge in [0.2, 0.25) is 0 Å². The van der Waals surface area contributed by atoms with Crippen molar-refractivity contribution < 1.29 is 4.74 Å². The zero-order valence-electron chi connectivity index (χ0n) is 10.1. The summed E-state index contributed by atoms with van der Waals surface area (Å²) in [7, 11) is 1.52. The molecule has 0 radical (unpaired) electrons. The van der Waals surface area contributed by atoms with Gasteiger partial charge in [0.15, 0.2) is 0 Å². The normalized spacial score (nSPS) is 10.4. The molecule has 0 bridgehead atoms. The summed E-state index contributed by atoms with van der Waals surface area (Å²) in [6.07, 6.45) is 1.29. The van der Waals surface area contributed by atoms with E-state index in [1.54, 1.807) is 18.2 Å². The Labute approximate surface area is 113 Å². The van der Waals surface area contributed by atoms with Crippen molar-refractivity contribution in [1.29, 1.82) is 0 Å². The van der Waals surface area contributed by atoms with E-state index in [-0.39, 0.29) is 12.2 Å². The van der Waals surface area contributed by atoms with Crippen LogP contribution in [0.15, 0.2) is 34.0 Å². The van der Waals surface area contributed by atoms with Gasteiger partial charge in [-0.05, 0) is 18.2 Å². The van der Waals surface area contributed by atoms with Crippen LogP contribution in [0.2, 0.25) is 5.02 Å². The molecule has 0 aliphatic rings. The van der Waals surface area contributed by atoms with Crippen LogP contribution in [-0.2, 0) is 6.54 Å². The highest BCUT2D eigenvalue weighted by atomic mass is 35.5. The van der Waals surface area contributed by atoms with Gasteiger partial charge in [-0.15, -0.1) is 0 Å². The Bertz CT molecular complexity index is 721. The molecule has 6 nitrogen and oxygen atoms in total. The van der Waals surface area contributed by atoms with Crippen LogP contribution in [0.5, 0.6) is 5.75 Å². The van der Waals surface area contributed by atoms with E-state index < -0.39 is 11.2 Å². The Balaban J connectivity index is 2.47. The van der Waals surface area contributed by atoms with Crippen molar-refractivity contribution >= 4 is 17.3 Å². The molecule has 1 aromatic heterocycles. The summed E-state index contributed by atoms with van der Waals surface area (Å²) in [5.41, 5.74) is 5.03. The van der Waals surface area contributed by atoms with Crippen molar-refractivity contribution in [1.82, 2.24) is 9.55 Å². The van der Waals surface area contributed by atoms with Crippen molar-refractivity contribution in [2.45, 2.75) is 6.54 Å². The number of aromatic amines is 1. The van der Waals surface area contributed by atoms with E-state index in [0.717, 1.165) is 0 Å². The second-order valence-corrected chi connectivity index (χ2v) is 4.36. The molecule has 0 saturated carbocycles. The second-order valence-electron chi connectivity index (χ2n) is 3.93. The first-order valence-corrected chi connectivity index (χ1v) is 5.80. The number of benzene rings is 1. The first kappa shape index (κ1) is 13.2. The van der Waals surface area contributed by atoms with Crippen LogP contribution in [0.4, 0.5) is 5.69 Å². The van der Waals surface area contributed by atoms with Crippen LogP contribution in [0.3, 0.4) is 0 Å². The summed E-state index contributed by atoms with van der Waals surface area (Å²) in [5, 5.41) is 0.529. The molecule has 100 valence electrons. The minimum atomic E-state index is -0.598. The number of H-pyrrole nitrogens is 1. The van der Waals surface area contributed by atoms with Gasteiger partial charge < -0.3 is 10.5 Å². The molecule has 19 heavy (non-hydrogen) atoms. The van der Waals surface area contributed by atoms with Crippen LogP contribution >= 0.6 is 11.6 Å². The van der Waals surface area contributed by atoms with Gasteiger partial charge in [-0.3, -0.25) is 14.3 Å². The molecule has 0 atom stereocenters. The smallest absolute Gasteiger partial charge is 0.328 e. The first-order chi connectivity index (χ1) is 9.01. The lowest BCUT2D eigenvalue weighted by Crippen LogP contribution is -2.31. The summed E-state index contributed by atoms with van der Waals surface area (Å²) in [4.78, 5) is 25.0. The molecule has 1 aromatic carbocycles. The number of nitrogens with zero attached hydrogens (tertiary/aromatic N) is 1. The summed E-state index contributed by atoms with van der Waals surface area (Å²) < 4.78 is 6.47. The average Bonchev–Trinajstić information content (AvgIpc) is 2.36. The van der Waals surface area contributed by atoms with Crippen molar-refractivity contribution in [2.24, 2.45) is 0 Å². The summed E-state index contributed by atoms with van der Waals surface area (Å²) in [6.45, 7) is 0.198. The third-order valence-electron chi connectivity index (χ3n) is 2.62. The molecule has 0 amide bonds. The highest BCUT2D eigenvalue weighted by molar-refractivity contribution is 6.30. The minimum absolute atomic E-state index is 0.0272. The first-order valence-electron chi connectivity index (χ1n) is 5.43.